The molecule has 2 aliphatic heterocycles. The van der Waals surface area contributed by atoms with E-state index in [9.17, 15) is 14.0 Å². The molecule has 5 rings (SSSR count). The molecule has 0 spiro atoms. The Morgan fingerprint density at radius 2 is 1.97 bits per heavy atom. The average Bonchev–Trinajstić information content (AvgIpc) is 3.30. The van der Waals surface area contributed by atoms with E-state index in [1.54, 1.807) is 18.2 Å². The van der Waals surface area contributed by atoms with Gasteiger partial charge in [-0.3, -0.25) is 4.90 Å². The highest BCUT2D eigenvalue weighted by molar-refractivity contribution is 6.31. The van der Waals surface area contributed by atoms with Crippen LogP contribution in [-0.2, 0) is 14.2 Å². The Hall–Kier alpha value is -3.83. The van der Waals surface area contributed by atoms with Gasteiger partial charge in [-0.25, -0.2) is 19.0 Å². The zero-order chi connectivity index (χ0) is 26.5. The molecule has 2 fully saturated rings. The minimum Gasteiger partial charge on any atom is -0.446 e. The Balaban J connectivity index is 1.04. The molecule has 3 aromatic rings. The van der Waals surface area contributed by atoms with E-state index < -0.39 is 24.1 Å². The number of cyclic esters (lactones) is 1. The van der Waals surface area contributed by atoms with Crippen LogP contribution in [0.4, 0.5) is 31.2 Å². The number of rotatable bonds is 8. The smallest absolute Gasteiger partial charge is 0.414 e. The number of pyridine rings is 1. The summed E-state index contributed by atoms with van der Waals surface area (Å²) in [5.41, 5.74) is 1.66. The molecule has 38 heavy (non-hydrogen) atoms. The second-order valence-corrected chi connectivity index (χ2v) is 9.27. The summed E-state index contributed by atoms with van der Waals surface area (Å²) in [6, 6.07) is 13.8. The van der Waals surface area contributed by atoms with Gasteiger partial charge in [-0.05, 0) is 48.5 Å². The number of aromatic nitrogens is 1. The van der Waals surface area contributed by atoms with Gasteiger partial charge >= 0.3 is 12.2 Å². The third kappa shape index (κ3) is 6.17. The molecule has 3 heterocycles. The van der Waals surface area contributed by atoms with Crippen molar-refractivity contribution in [3.05, 3.63) is 59.4 Å². The van der Waals surface area contributed by atoms with Crippen LogP contribution in [0.2, 0.25) is 5.02 Å². The Kier molecular flexibility index (Phi) is 7.94. The summed E-state index contributed by atoms with van der Waals surface area (Å²) in [6.07, 6.45) is -1.92. The van der Waals surface area contributed by atoms with Crippen molar-refractivity contribution in [1.29, 1.82) is 0 Å². The number of morpholine rings is 1. The van der Waals surface area contributed by atoms with Gasteiger partial charge in [0.05, 0.1) is 36.6 Å². The molecule has 200 valence electrons. The SMILES string of the molecule is O=C(NCCNc1ccc2cc(Cl)ccc2n1)OCC1CN(c2ccc(N3CCOCC3)c(F)c2)C(=O)O1. The molecular weight excluding hydrogens is 517 g/mol. The van der Waals surface area contributed by atoms with Crippen molar-refractivity contribution in [2.24, 2.45) is 0 Å². The summed E-state index contributed by atoms with van der Waals surface area (Å²) in [7, 11) is 0. The van der Waals surface area contributed by atoms with Gasteiger partial charge in [-0.2, -0.15) is 0 Å². The van der Waals surface area contributed by atoms with E-state index >= 15 is 0 Å². The summed E-state index contributed by atoms with van der Waals surface area (Å²) in [5.74, 6) is 0.246. The van der Waals surface area contributed by atoms with Gasteiger partial charge in [0, 0.05) is 36.6 Å². The predicted molar refractivity (Wildman–Crippen MR) is 142 cm³/mol. The van der Waals surface area contributed by atoms with Crippen LogP contribution in [0.25, 0.3) is 10.9 Å². The van der Waals surface area contributed by atoms with Gasteiger partial charge in [0.2, 0.25) is 0 Å². The predicted octanol–water partition coefficient (Wildman–Crippen LogP) is 4.03. The maximum atomic E-state index is 14.8. The zero-order valence-electron chi connectivity index (χ0n) is 20.5. The highest BCUT2D eigenvalue weighted by Gasteiger charge is 2.33. The van der Waals surface area contributed by atoms with E-state index in [1.807, 2.05) is 29.2 Å². The summed E-state index contributed by atoms with van der Waals surface area (Å²) < 4.78 is 30.6. The number of carbonyl (C=O) groups excluding carboxylic acids is 2. The van der Waals surface area contributed by atoms with Gasteiger partial charge < -0.3 is 29.7 Å². The number of hydrogen-bond donors (Lipinski definition) is 2. The van der Waals surface area contributed by atoms with E-state index in [1.165, 1.54) is 11.0 Å². The Morgan fingerprint density at radius 3 is 2.79 bits per heavy atom. The minimum atomic E-state index is -0.663. The number of amides is 2. The molecular formula is C26H27ClFN5O5. The fraction of sp³-hybridized carbons (Fsp3) is 0.346. The average molecular weight is 544 g/mol. The largest absolute Gasteiger partial charge is 0.446 e. The van der Waals surface area contributed by atoms with Crippen LogP contribution in [0.5, 0.6) is 0 Å². The number of nitrogens with one attached hydrogen (secondary N) is 2. The standard InChI is InChI=1S/C26H27ClFN5O5/c27-18-2-4-22-17(13-18)1-6-24(31-22)29-7-8-30-25(34)37-16-20-15-33(26(35)38-20)19-3-5-23(21(28)14-19)32-9-11-36-12-10-32/h1-6,13-14,20H,7-12,15-16H2,(H,29,31)(H,30,34). The summed E-state index contributed by atoms with van der Waals surface area (Å²) in [6.45, 7) is 3.05. The maximum absolute atomic E-state index is 14.8. The molecule has 0 aliphatic carbocycles. The second kappa shape index (κ2) is 11.7. The lowest BCUT2D eigenvalue weighted by molar-refractivity contribution is 0.0738. The molecule has 2 aliphatic rings. The number of anilines is 3. The van der Waals surface area contributed by atoms with Crippen molar-refractivity contribution in [2.45, 2.75) is 6.10 Å². The van der Waals surface area contributed by atoms with E-state index in [0.29, 0.717) is 61.6 Å². The Bertz CT molecular complexity index is 1320. The molecule has 2 saturated heterocycles. The molecule has 0 radical (unpaired) electrons. The van der Waals surface area contributed by atoms with Crippen molar-refractivity contribution in [3.8, 4) is 0 Å². The van der Waals surface area contributed by atoms with Gasteiger partial charge in [0.25, 0.3) is 0 Å². The summed E-state index contributed by atoms with van der Waals surface area (Å²) in [5, 5.41) is 7.35. The lowest BCUT2D eigenvalue weighted by Gasteiger charge is -2.29. The Labute approximate surface area is 223 Å². The number of hydrogen-bond acceptors (Lipinski definition) is 8. The molecule has 2 N–H and O–H groups in total. The number of carbonyl (C=O) groups is 2. The zero-order valence-corrected chi connectivity index (χ0v) is 21.2. The second-order valence-electron chi connectivity index (χ2n) is 8.84. The van der Waals surface area contributed by atoms with E-state index in [2.05, 4.69) is 15.6 Å². The quantitative estimate of drug-likeness (QED) is 0.410. The summed E-state index contributed by atoms with van der Waals surface area (Å²) >= 11 is 5.99. The number of benzene rings is 2. The maximum Gasteiger partial charge on any atom is 0.414 e. The van der Waals surface area contributed by atoms with Crippen molar-refractivity contribution >= 4 is 51.9 Å². The number of ether oxygens (including phenoxy) is 3. The van der Waals surface area contributed by atoms with E-state index in [-0.39, 0.29) is 13.2 Å². The first-order chi connectivity index (χ1) is 18.5. The van der Waals surface area contributed by atoms with Crippen LogP contribution in [0.15, 0.2) is 48.5 Å². The molecule has 0 saturated carbocycles. The molecule has 0 bridgehead atoms. The first-order valence-electron chi connectivity index (χ1n) is 12.3. The van der Waals surface area contributed by atoms with Crippen molar-refractivity contribution < 1.29 is 28.2 Å². The highest BCUT2D eigenvalue weighted by atomic mass is 35.5. The molecule has 1 aromatic heterocycles. The first kappa shape index (κ1) is 25.8. The van der Waals surface area contributed by atoms with Crippen LogP contribution in [0, 0.1) is 5.82 Å². The third-order valence-electron chi connectivity index (χ3n) is 6.22. The van der Waals surface area contributed by atoms with Gasteiger partial charge in [-0.1, -0.05) is 11.6 Å². The van der Waals surface area contributed by atoms with E-state index in [0.717, 1.165) is 10.9 Å². The van der Waals surface area contributed by atoms with Crippen LogP contribution in [0.1, 0.15) is 0 Å². The van der Waals surface area contributed by atoms with Crippen molar-refractivity contribution in [3.63, 3.8) is 0 Å². The van der Waals surface area contributed by atoms with Crippen molar-refractivity contribution in [2.75, 3.05) is 67.7 Å². The first-order valence-corrected chi connectivity index (χ1v) is 12.7. The van der Waals surface area contributed by atoms with Crippen LogP contribution in [-0.4, -0.2) is 75.8 Å². The van der Waals surface area contributed by atoms with Gasteiger partial charge in [0.15, 0.2) is 6.10 Å². The molecule has 2 aromatic carbocycles. The van der Waals surface area contributed by atoms with Crippen LogP contribution >= 0.6 is 11.6 Å². The molecule has 12 heteroatoms. The van der Waals surface area contributed by atoms with E-state index in [4.69, 9.17) is 25.8 Å². The fourth-order valence-corrected chi connectivity index (χ4v) is 4.49. The molecule has 10 nitrogen and oxygen atoms in total. The summed E-state index contributed by atoms with van der Waals surface area (Å²) in [4.78, 5) is 32.2. The Morgan fingerprint density at radius 1 is 1.13 bits per heavy atom. The van der Waals surface area contributed by atoms with Gasteiger partial charge in [-0.15, -0.1) is 0 Å². The normalized spacial score (nSPS) is 17.4. The van der Waals surface area contributed by atoms with Crippen molar-refractivity contribution in [1.82, 2.24) is 10.3 Å². The minimum absolute atomic E-state index is 0.120. The number of alkyl carbamates (subject to hydrolysis) is 1. The molecule has 2 amide bonds. The number of fused-ring (bicyclic) bond motifs is 1. The highest BCUT2D eigenvalue weighted by Crippen LogP contribution is 2.28. The van der Waals surface area contributed by atoms with Crippen LogP contribution < -0.4 is 20.4 Å². The number of nitrogens with zero attached hydrogens (tertiary/aromatic N) is 3. The molecule has 1 unspecified atom stereocenters. The lowest BCUT2D eigenvalue weighted by atomic mass is 10.2. The topological polar surface area (TPSA) is 105 Å². The molecule has 1 atom stereocenters. The van der Waals surface area contributed by atoms with Crippen LogP contribution in [0.3, 0.4) is 0 Å². The third-order valence-corrected chi connectivity index (χ3v) is 6.46. The lowest BCUT2D eigenvalue weighted by Crippen LogP contribution is -2.36. The fourth-order valence-electron chi connectivity index (χ4n) is 4.31. The van der Waals surface area contributed by atoms with Gasteiger partial charge in [0.1, 0.15) is 18.2 Å². The monoisotopic (exact) mass is 543 g/mol. The number of halogens is 2.